The summed E-state index contributed by atoms with van der Waals surface area (Å²) in [4.78, 5) is 25.1. The fraction of sp³-hybridized carbons (Fsp3) is 0.500. The summed E-state index contributed by atoms with van der Waals surface area (Å²) in [6.45, 7) is 14.9. The first-order valence-corrected chi connectivity index (χ1v) is 15.3. The van der Waals surface area contributed by atoms with Crippen molar-refractivity contribution >= 4 is 22.8 Å². The van der Waals surface area contributed by atoms with Crippen molar-refractivity contribution in [3.63, 3.8) is 0 Å². The van der Waals surface area contributed by atoms with Crippen LogP contribution in [0.2, 0.25) is 0 Å². The van der Waals surface area contributed by atoms with Crippen LogP contribution < -0.4 is 5.32 Å². The average Bonchev–Trinajstić information content (AvgIpc) is 3.35. The van der Waals surface area contributed by atoms with Gasteiger partial charge in [0.05, 0.1) is 11.7 Å². The van der Waals surface area contributed by atoms with E-state index >= 15 is 4.39 Å². The number of hydrogen-bond acceptors (Lipinski definition) is 8. The number of rotatable bonds is 7. The third kappa shape index (κ3) is 6.11. The Balaban J connectivity index is 1.13. The Morgan fingerprint density at radius 1 is 0.884 bits per heavy atom. The fourth-order valence-corrected chi connectivity index (χ4v) is 6.56. The molecule has 228 valence electrons. The van der Waals surface area contributed by atoms with Gasteiger partial charge < -0.3 is 14.8 Å². The molecule has 11 heteroatoms. The summed E-state index contributed by atoms with van der Waals surface area (Å²) in [5.74, 6) is 0.287. The first-order chi connectivity index (χ1) is 20.7. The van der Waals surface area contributed by atoms with Gasteiger partial charge in [0.25, 0.3) is 0 Å². The van der Waals surface area contributed by atoms with Crippen LogP contribution >= 0.6 is 0 Å². The number of hydrogen-bond donors (Lipinski definition) is 1. The second-order valence-electron chi connectivity index (χ2n) is 12.2. The highest BCUT2D eigenvalue weighted by Crippen LogP contribution is 2.31. The van der Waals surface area contributed by atoms with E-state index in [2.05, 4.69) is 60.0 Å². The number of imidazole rings is 1. The van der Waals surface area contributed by atoms with Crippen molar-refractivity contribution in [3.05, 3.63) is 59.7 Å². The molecule has 2 aliphatic heterocycles. The molecule has 43 heavy (non-hydrogen) atoms. The van der Waals surface area contributed by atoms with Gasteiger partial charge in [-0.15, -0.1) is 0 Å². The SMILES string of the molecule is Cc1nc2c(F)cc(-c3nc(Nc4ccc([C@@H](C)N5CCC(N6CCN(C)CC6)CC5)cn4)ncc3F)cc2n1C(C)C. The topological polar surface area (TPSA) is 78.2 Å². The molecule has 2 fully saturated rings. The molecule has 0 aliphatic carbocycles. The number of piperazine rings is 1. The van der Waals surface area contributed by atoms with Crippen molar-refractivity contribution < 1.29 is 8.78 Å². The minimum Gasteiger partial charge on any atom is -0.326 e. The summed E-state index contributed by atoms with van der Waals surface area (Å²) in [5, 5.41) is 3.08. The Bertz CT molecular complexity index is 1570. The van der Waals surface area contributed by atoms with Gasteiger partial charge in [0.1, 0.15) is 22.9 Å². The number of likely N-dealkylation sites (N-methyl/N-ethyl adjacent to an activating group) is 1. The Kier molecular flexibility index (Phi) is 8.39. The molecule has 6 rings (SSSR count). The molecule has 0 amide bonds. The highest BCUT2D eigenvalue weighted by atomic mass is 19.1. The smallest absolute Gasteiger partial charge is 0.229 e. The number of likely N-dealkylation sites (tertiary alicyclic amines) is 1. The van der Waals surface area contributed by atoms with Gasteiger partial charge in [0.2, 0.25) is 5.95 Å². The molecule has 0 spiro atoms. The van der Waals surface area contributed by atoms with Crippen molar-refractivity contribution in [3.8, 4) is 11.3 Å². The van der Waals surface area contributed by atoms with Gasteiger partial charge >= 0.3 is 0 Å². The van der Waals surface area contributed by atoms with Crippen LogP contribution in [0.25, 0.3) is 22.3 Å². The van der Waals surface area contributed by atoms with Gasteiger partial charge in [-0.05, 0) is 71.3 Å². The largest absolute Gasteiger partial charge is 0.326 e. The van der Waals surface area contributed by atoms with Gasteiger partial charge in [-0.1, -0.05) is 6.07 Å². The minimum atomic E-state index is -0.634. The van der Waals surface area contributed by atoms with Crippen molar-refractivity contribution in [1.82, 2.24) is 39.2 Å². The van der Waals surface area contributed by atoms with Crippen molar-refractivity contribution in [2.75, 3.05) is 51.6 Å². The summed E-state index contributed by atoms with van der Waals surface area (Å²) in [6.07, 6.45) is 5.37. The van der Waals surface area contributed by atoms with E-state index in [1.807, 2.05) is 37.6 Å². The maximum Gasteiger partial charge on any atom is 0.229 e. The van der Waals surface area contributed by atoms with Crippen LogP contribution in [0.4, 0.5) is 20.5 Å². The van der Waals surface area contributed by atoms with E-state index in [-0.39, 0.29) is 29.2 Å². The Morgan fingerprint density at radius 3 is 2.30 bits per heavy atom. The monoisotopic (exact) mass is 589 g/mol. The van der Waals surface area contributed by atoms with Crippen molar-refractivity contribution in [1.29, 1.82) is 0 Å². The number of aromatic nitrogens is 5. The maximum atomic E-state index is 15.0. The molecular formula is C32H41F2N9. The molecule has 0 radical (unpaired) electrons. The number of aryl methyl sites for hydroxylation is 1. The van der Waals surface area contributed by atoms with Gasteiger partial charge in [0.15, 0.2) is 11.6 Å². The zero-order valence-corrected chi connectivity index (χ0v) is 25.7. The molecule has 5 heterocycles. The quantitative estimate of drug-likeness (QED) is 0.300. The molecule has 2 aliphatic rings. The van der Waals surface area contributed by atoms with Crippen LogP contribution in [0.1, 0.15) is 57.1 Å². The molecule has 1 aromatic carbocycles. The number of piperidine rings is 1. The van der Waals surface area contributed by atoms with E-state index in [1.165, 1.54) is 32.0 Å². The van der Waals surface area contributed by atoms with Crippen LogP contribution in [0, 0.1) is 18.6 Å². The molecule has 1 N–H and O–H groups in total. The lowest BCUT2D eigenvalue weighted by Gasteiger charge is -2.43. The summed E-state index contributed by atoms with van der Waals surface area (Å²) < 4.78 is 31.9. The normalized spacial score (nSPS) is 18.5. The predicted octanol–water partition coefficient (Wildman–Crippen LogP) is 5.57. The number of pyridine rings is 1. The molecule has 4 aromatic rings. The van der Waals surface area contributed by atoms with E-state index in [9.17, 15) is 4.39 Å². The Hall–Kier alpha value is -3.54. The molecule has 1 atom stereocenters. The summed E-state index contributed by atoms with van der Waals surface area (Å²) >= 11 is 0. The lowest BCUT2D eigenvalue weighted by molar-refractivity contribution is 0.0565. The molecule has 2 saturated heterocycles. The molecule has 3 aromatic heterocycles. The van der Waals surface area contributed by atoms with E-state index in [0.717, 1.165) is 37.9 Å². The number of anilines is 2. The van der Waals surface area contributed by atoms with E-state index < -0.39 is 11.6 Å². The van der Waals surface area contributed by atoms with E-state index in [4.69, 9.17) is 0 Å². The Labute approximate surface area is 252 Å². The first kappa shape index (κ1) is 29.5. The highest BCUT2D eigenvalue weighted by molar-refractivity contribution is 5.83. The Morgan fingerprint density at radius 2 is 1.63 bits per heavy atom. The minimum absolute atomic E-state index is 0.0117. The third-order valence-corrected chi connectivity index (χ3v) is 9.07. The standard InChI is InChI=1S/C32H41F2N9/c1-20(2)43-22(4)37-31-26(33)16-24(17-28(31)43)30-27(34)19-36-32(39-30)38-29-7-6-23(18-35-29)21(3)41-10-8-25(9-11-41)42-14-12-40(5)13-15-42/h6-7,16-21,25H,8-15H2,1-5H3,(H,35,36,38,39)/t21-/m1/s1. The van der Waals surface area contributed by atoms with Gasteiger partial charge in [-0.2, -0.15) is 0 Å². The lowest BCUT2D eigenvalue weighted by atomic mass is 9.99. The van der Waals surface area contributed by atoms with Crippen LogP contribution in [-0.4, -0.2) is 91.6 Å². The van der Waals surface area contributed by atoms with Gasteiger partial charge in [0, 0.05) is 69.2 Å². The van der Waals surface area contributed by atoms with Gasteiger partial charge in [-0.3, -0.25) is 9.80 Å². The van der Waals surface area contributed by atoms with Crippen LogP contribution in [0.5, 0.6) is 0 Å². The van der Waals surface area contributed by atoms with E-state index in [0.29, 0.717) is 28.8 Å². The predicted molar refractivity (Wildman–Crippen MR) is 165 cm³/mol. The second kappa shape index (κ2) is 12.2. The zero-order valence-electron chi connectivity index (χ0n) is 25.7. The molecule has 0 unspecified atom stereocenters. The number of nitrogens with one attached hydrogen (secondary N) is 1. The number of benzene rings is 1. The number of nitrogens with zero attached hydrogens (tertiary/aromatic N) is 8. The molecule has 9 nitrogen and oxygen atoms in total. The summed E-state index contributed by atoms with van der Waals surface area (Å²) in [5.41, 5.74) is 2.34. The van der Waals surface area contributed by atoms with Crippen LogP contribution in [-0.2, 0) is 0 Å². The summed E-state index contributed by atoms with van der Waals surface area (Å²) in [6, 6.07) is 7.98. The third-order valence-electron chi connectivity index (χ3n) is 9.07. The van der Waals surface area contributed by atoms with Crippen molar-refractivity contribution in [2.24, 2.45) is 0 Å². The zero-order chi connectivity index (χ0) is 30.2. The van der Waals surface area contributed by atoms with Crippen LogP contribution in [0.15, 0.2) is 36.7 Å². The number of halogens is 2. The summed E-state index contributed by atoms with van der Waals surface area (Å²) in [7, 11) is 2.20. The highest BCUT2D eigenvalue weighted by Gasteiger charge is 2.29. The average molecular weight is 590 g/mol. The molecule has 0 saturated carbocycles. The maximum absolute atomic E-state index is 15.0. The van der Waals surface area contributed by atoms with E-state index in [1.54, 1.807) is 6.07 Å². The van der Waals surface area contributed by atoms with Crippen molar-refractivity contribution in [2.45, 2.75) is 58.7 Å². The van der Waals surface area contributed by atoms with Crippen LogP contribution in [0.3, 0.4) is 0 Å². The lowest BCUT2D eigenvalue weighted by Crippen LogP contribution is -2.52. The second-order valence-corrected chi connectivity index (χ2v) is 12.2. The number of fused-ring (bicyclic) bond motifs is 1. The van der Waals surface area contributed by atoms with Gasteiger partial charge in [-0.25, -0.2) is 28.7 Å². The molecular weight excluding hydrogens is 548 g/mol. The fourth-order valence-electron chi connectivity index (χ4n) is 6.56. The molecule has 0 bridgehead atoms. The first-order valence-electron chi connectivity index (χ1n) is 15.3.